The highest BCUT2D eigenvalue weighted by Crippen LogP contribution is 1.95. The molecule has 0 saturated heterocycles. The summed E-state index contributed by atoms with van der Waals surface area (Å²) >= 11 is 4.88. The van der Waals surface area contributed by atoms with Gasteiger partial charge in [-0.05, 0) is 24.6 Å². The van der Waals surface area contributed by atoms with Crippen LogP contribution < -0.4 is 10.6 Å². The Balaban J connectivity index is 3.20. The Morgan fingerprint density at radius 2 is 1.92 bits per heavy atom. The number of thiocarbonyl (C=S) groups is 1. The normalized spacial score (nSPS) is 10.0. The van der Waals surface area contributed by atoms with Crippen molar-refractivity contribution in [1.29, 1.82) is 0 Å². The van der Waals surface area contributed by atoms with Crippen LogP contribution in [0.15, 0.2) is 0 Å². The second-order valence-corrected chi connectivity index (χ2v) is 3.46. The second kappa shape index (κ2) is 7.28. The lowest BCUT2D eigenvalue weighted by Crippen LogP contribution is -2.37. The standard InChI is InChI=1S/C8H17FN2S/c1-7(2)3-5-10-8(12)11-6-4-9/h7H,3-6H2,1-2H3,(H2,10,11,12). The van der Waals surface area contributed by atoms with Crippen molar-refractivity contribution in [3.63, 3.8) is 0 Å². The van der Waals surface area contributed by atoms with Crippen molar-refractivity contribution < 1.29 is 4.39 Å². The second-order valence-electron chi connectivity index (χ2n) is 3.05. The van der Waals surface area contributed by atoms with E-state index < -0.39 is 0 Å². The first-order chi connectivity index (χ1) is 5.66. The molecule has 2 nitrogen and oxygen atoms in total. The molecule has 0 spiro atoms. The van der Waals surface area contributed by atoms with Crippen molar-refractivity contribution in [3.8, 4) is 0 Å². The maximum atomic E-state index is 11.7. The average molecular weight is 192 g/mol. The van der Waals surface area contributed by atoms with E-state index in [0.29, 0.717) is 17.6 Å². The monoisotopic (exact) mass is 192 g/mol. The summed E-state index contributed by atoms with van der Waals surface area (Å²) in [7, 11) is 0. The minimum absolute atomic E-state index is 0.299. The topological polar surface area (TPSA) is 24.1 Å². The third-order valence-electron chi connectivity index (χ3n) is 1.39. The number of alkyl halides is 1. The van der Waals surface area contributed by atoms with Crippen LogP contribution in [0.3, 0.4) is 0 Å². The SMILES string of the molecule is CC(C)CCNC(=S)NCCF. The molecule has 0 aromatic heterocycles. The molecule has 0 saturated carbocycles. The molecule has 72 valence electrons. The van der Waals surface area contributed by atoms with Crippen LogP contribution in [0.1, 0.15) is 20.3 Å². The zero-order valence-electron chi connectivity index (χ0n) is 7.69. The fraction of sp³-hybridized carbons (Fsp3) is 0.875. The molecule has 0 aliphatic rings. The molecule has 0 unspecified atom stereocenters. The summed E-state index contributed by atoms with van der Waals surface area (Å²) in [5.41, 5.74) is 0. The van der Waals surface area contributed by atoms with Crippen LogP contribution in [0.25, 0.3) is 0 Å². The minimum atomic E-state index is -0.383. The van der Waals surface area contributed by atoms with Crippen molar-refractivity contribution in [2.75, 3.05) is 19.8 Å². The van der Waals surface area contributed by atoms with E-state index in [9.17, 15) is 4.39 Å². The van der Waals surface area contributed by atoms with Gasteiger partial charge in [-0.15, -0.1) is 0 Å². The van der Waals surface area contributed by atoms with E-state index in [2.05, 4.69) is 24.5 Å². The van der Waals surface area contributed by atoms with E-state index in [0.717, 1.165) is 13.0 Å². The number of rotatable bonds is 5. The van der Waals surface area contributed by atoms with Crippen LogP contribution >= 0.6 is 12.2 Å². The molecule has 0 bridgehead atoms. The molecule has 2 N–H and O–H groups in total. The summed E-state index contributed by atoms with van der Waals surface area (Å²) in [5, 5.41) is 6.30. The lowest BCUT2D eigenvalue weighted by Gasteiger charge is -2.09. The van der Waals surface area contributed by atoms with Crippen LogP contribution in [0, 0.1) is 5.92 Å². The predicted molar refractivity (Wildman–Crippen MR) is 54.0 cm³/mol. The van der Waals surface area contributed by atoms with Gasteiger partial charge in [0.15, 0.2) is 5.11 Å². The molecule has 0 amide bonds. The molecule has 0 fully saturated rings. The van der Waals surface area contributed by atoms with Crippen LogP contribution in [-0.4, -0.2) is 24.9 Å². The van der Waals surface area contributed by atoms with Crippen LogP contribution in [0.5, 0.6) is 0 Å². The minimum Gasteiger partial charge on any atom is -0.363 e. The molecule has 4 heteroatoms. The Labute approximate surface area is 78.9 Å². The summed E-state index contributed by atoms with van der Waals surface area (Å²) < 4.78 is 11.7. The van der Waals surface area contributed by atoms with Crippen molar-refractivity contribution in [2.24, 2.45) is 5.92 Å². The van der Waals surface area contributed by atoms with Crippen molar-refractivity contribution in [1.82, 2.24) is 10.6 Å². The number of hydrogen-bond donors (Lipinski definition) is 2. The highest BCUT2D eigenvalue weighted by Gasteiger charge is 1.95. The van der Waals surface area contributed by atoms with E-state index in [4.69, 9.17) is 12.2 Å². The van der Waals surface area contributed by atoms with E-state index >= 15 is 0 Å². The summed E-state index contributed by atoms with van der Waals surface area (Å²) in [6.45, 7) is 5.08. The molecule has 0 aliphatic carbocycles. The van der Waals surface area contributed by atoms with Gasteiger partial charge in [-0.3, -0.25) is 0 Å². The molecule has 0 radical (unpaired) electrons. The number of halogens is 1. The van der Waals surface area contributed by atoms with Gasteiger partial charge in [0.2, 0.25) is 0 Å². The van der Waals surface area contributed by atoms with E-state index in [1.165, 1.54) is 0 Å². The molecule has 0 aromatic carbocycles. The summed E-state index contributed by atoms with van der Waals surface area (Å²) in [4.78, 5) is 0. The fourth-order valence-corrected chi connectivity index (χ4v) is 0.902. The van der Waals surface area contributed by atoms with Gasteiger partial charge >= 0.3 is 0 Å². The van der Waals surface area contributed by atoms with E-state index in [1.807, 2.05) is 0 Å². The Hall–Kier alpha value is -0.380. The molecule has 0 aromatic rings. The molecule has 0 rings (SSSR count). The lowest BCUT2D eigenvalue weighted by atomic mass is 10.1. The number of hydrogen-bond acceptors (Lipinski definition) is 1. The van der Waals surface area contributed by atoms with Crippen molar-refractivity contribution in [3.05, 3.63) is 0 Å². The van der Waals surface area contributed by atoms with Crippen LogP contribution in [-0.2, 0) is 0 Å². The average Bonchev–Trinajstić information content (AvgIpc) is 2.00. The smallest absolute Gasteiger partial charge is 0.166 e. The first-order valence-electron chi connectivity index (χ1n) is 4.24. The Morgan fingerprint density at radius 1 is 1.33 bits per heavy atom. The predicted octanol–water partition coefficient (Wildman–Crippen LogP) is 1.47. The fourth-order valence-electron chi connectivity index (χ4n) is 0.698. The number of nitrogens with one attached hydrogen (secondary N) is 2. The van der Waals surface area contributed by atoms with Crippen LogP contribution in [0.2, 0.25) is 0 Å². The van der Waals surface area contributed by atoms with Gasteiger partial charge in [-0.2, -0.15) is 0 Å². The highest BCUT2D eigenvalue weighted by molar-refractivity contribution is 7.80. The maximum Gasteiger partial charge on any atom is 0.166 e. The first-order valence-corrected chi connectivity index (χ1v) is 4.65. The zero-order chi connectivity index (χ0) is 9.40. The van der Waals surface area contributed by atoms with Gasteiger partial charge in [0.25, 0.3) is 0 Å². The molecule has 12 heavy (non-hydrogen) atoms. The largest absolute Gasteiger partial charge is 0.363 e. The van der Waals surface area contributed by atoms with Gasteiger partial charge in [-0.1, -0.05) is 13.8 Å². The first kappa shape index (κ1) is 11.6. The van der Waals surface area contributed by atoms with Gasteiger partial charge in [0.05, 0.1) is 0 Å². The maximum absolute atomic E-state index is 11.7. The van der Waals surface area contributed by atoms with Crippen LogP contribution in [0.4, 0.5) is 4.39 Å². The molecular weight excluding hydrogens is 175 g/mol. The Morgan fingerprint density at radius 3 is 2.42 bits per heavy atom. The van der Waals surface area contributed by atoms with Gasteiger partial charge < -0.3 is 10.6 Å². The quantitative estimate of drug-likeness (QED) is 0.645. The van der Waals surface area contributed by atoms with Crippen molar-refractivity contribution in [2.45, 2.75) is 20.3 Å². The van der Waals surface area contributed by atoms with Gasteiger partial charge in [-0.25, -0.2) is 4.39 Å². The van der Waals surface area contributed by atoms with Gasteiger partial charge in [0, 0.05) is 13.1 Å². The third kappa shape index (κ3) is 7.72. The summed E-state index contributed by atoms with van der Waals surface area (Å²) in [6, 6.07) is 0. The summed E-state index contributed by atoms with van der Waals surface area (Å²) in [5.74, 6) is 0.668. The van der Waals surface area contributed by atoms with E-state index in [1.54, 1.807) is 0 Å². The third-order valence-corrected chi connectivity index (χ3v) is 1.68. The highest BCUT2D eigenvalue weighted by atomic mass is 32.1. The van der Waals surface area contributed by atoms with Crippen molar-refractivity contribution >= 4 is 17.3 Å². The summed E-state index contributed by atoms with van der Waals surface area (Å²) in [6.07, 6.45) is 1.08. The Bertz CT molecular complexity index is 128. The molecule has 0 atom stereocenters. The molecular formula is C8H17FN2S. The van der Waals surface area contributed by atoms with Gasteiger partial charge in [0.1, 0.15) is 6.67 Å². The van der Waals surface area contributed by atoms with E-state index in [-0.39, 0.29) is 6.67 Å². The molecule has 0 heterocycles. The zero-order valence-corrected chi connectivity index (χ0v) is 8.51. The Kier molecular flexibility index (Phi) is 7.05. The lowest BCUT2D eigenvalue weighted by molar-refractivity contribution is 0.489. The molecule has 0 aliphatic heterocycles.